The highest BCUT2D eigenvalue weighted by Gasteiger charge is 2.23. The highest BCUT2D eigenvalue weighted by atomic mass is 16.5. The first kappa shape index (κ1) is 17.4. The number of hydrogen-bond acceptors (Lipinski definition) is 5. The molecule has 0 aromatic heterocycles. The van der Waals surface area contributed by atoms with Gasteiger partial charge in [-0.2, -0.15) is 0 Å². The Balaban J connectivity index is 2.38. The minimum Gasteiger partial charge on any atom is -0.465 e. The Morgan fingerprint density at radius 1 is 1.40 bits per heavy atom. The molecule has 1 N–H and O–H groups in total. The number of carbonyl (C=O) groups excluding carboxylic acids is 1. The molecule has 1 fully saturated rings. The van der Waals surface area contributed by atoms with Crippen LogP contribution in [0.15, 0.2) is 0 Å². The van der Waals surface area contributed by atoms with Gasteiger partial charge in [0, 0.05) is 32.2 Å². The van der Waals surface area contributed by atoms with Gasteiger partial charge in [0.05, 0.1) is 6.61 Å². The Morgan fingerprint density at radius 3 is 2.75 bits per heavy atom. The van der Waals surface area contributed by atoms with Crippen molar-refractivity contribution in [3.8, 4) is 0 Å². The Bertz CT molecular complexity index is 286. The lowest BCUT2D eigenvalue weighted by Crippen LogP contribution is -2.51. The lowest BCUT2D eigenvalue weighted by molar-refractivity contribution is -0.146. The number of esters is 1. The van der Waals surface area contributed by atoms with E-state index in [0.29, 0.717) is 12.6 Å². The molecule has 5 heteroatoms. The summed E-state index contributed by atoms with van der Waals surface area (Å²) < 4.78 is 5.15. The molecule has 0 aromatic rings. The molecule has 118 valence electrons. The van der Waals surface area contributed by atoms with Crippen LogP contribution < -0.4 is 5.32 Å². The Labute approximate surface area is 123 Å². The second-order valence-corrected chi connectivity index (χ2v) is 5.68. The Kier molecular flexibility index (Phi) is 8.11. The normalized spacial score (nSPS) is 22.7. The molecular weight excluding hydrogens is 254 g/mol. The number of carbonyl (C=O) groups is 1. The van der Waals surface area contributed by atoms with E-state index in [0.717, 1.165) is 45.6 Å². The van der Waals surface area contributed by atoms with E-state index in [9.17, 15) is 4.79 Å². The van der Waals surface area contributed by atoms with E-state index < -0.39 is 0 Å². The molecule has 0 bridgehead atoms. The molecule has 5 nitrogen and oxygen atoms in total. The summed E-state index contributed by atoms with van der Waals surface area (Å²) >= 11 is 0. The molecule has 1 heterocycles. The minimum absolute atomic E-state index is 0.108. The molecule has 20 heavy (non-hydrogen) atoms. The first-order chi connectivity index (χ1) is 9.58. The van der Waals surface area contributed by atoms with Crippen LogP contribution in [0, 0.1) is 0 Å². The van der Waals surface area contributed by atoms with Gasteiger partial charge in [0.15, 0.2) is 0 Å². The fraction of sp³-hybridized carbons (Fsp3) is 0.933. The van der Waals surface area contributed by atoms with Crippen molar-refractivity contribution in [2.24, 2.45) is 0 Å². The van der Waals surface area contributed by atoms with Gasteiger partial charge >= 0.3 is 5.97 Å². The second kappa shape index (κ2) is 9.32. The van der Waals surface area contributed by atoms with Gasteiger partial charge in [-0.25, -0.2) is 0 Å². The van der Waals surface area contributed by atoms with E-state index in [2.05, 4.69) is 36.0 Å². The summed E-state index contributed by atoms with van der Waals surface area (Å²) in [5.41, 5.74) is 0. The first-order valence-electron chi connectivity index (χ1n) is 7.91. The average molecular weight is 285 g/mol. The smallest absolute Gasteiger partial charge is 0.323 e. The predicted molar refractivity (Wildman–Crippen MR) is 81.9 cm³/mol. The highest BCUT2D eigenvalue weighted by Crippen LogP contribution is 2.08. The Hall–Kier alpha value is -0.650. The third-order valence-electron chi connectivity index (χ3n) is 3.99. The van der Waals surface area contributed by atoms with Crippen molar-refractivity contribution in [1.29, 1.82) is 0 Å². The van der Waals surface area contributed by atoms with Crippen LogP contribution in [0.3, 0.4) is 0 Å². The highest BCUT2D eigenvalue weighted by molar-refractivity contribution is 5.75. The van der Waals surface area contributed by atoms with E-state index >= 15 is 0 Å². The van der Waals surface area contributed by atoms with Crippen molar-refractivity contribution >= 4 is 5.97 Å². The summed E-state index contributed by atoms with van der Waals surface area (Å²) in [6.45, 7) is 11.8. The van der Waals surface area contributed by atoms with E-state index in [1.807, 2.05) is 6.92 Å². The minimum atomic E-state index is -0.162. The van der Waals surface area contributed by atoms with Crippen molar-refractivity contribution in [2.75, 3.05) is 46.4 Å². The van der Waals surface area contributed by atoms with Crippen molar-refractivity contribution in [3.05, 3.63) is 0 Å². The molecule has 0 aliphatic carbocycles. The quantitative estimate of drug-likeness (QED) is 0.673. The van der Waals surface area contributed by atoms with Crippen LogP contribution in [0.25, 0.3) is 0 Å². The largest absolute Gasteiger partial charge is 0.465 e. The standard InChI is InChI=1S/C15H31N3O2/c1-5-8-16-14(15(19)20-6-2)7-9-18-11-10-17(4)13(3)12-18/h13-14,16H,5-12H2,1-4H3. The topological polar surface area (TPSA) is 44.8 Å². The van der Waals surface area contributed by atoms with Gasteiger partial charge in [0.1, 0.15) is 6.04 Å². The number of likely N-dealkylation sites (N-methyl/N-ethyl adjacent to an activating group) is 1. The summed E-state index contributed by atoms with van der Waals surface area (Å²) in [7, 11) is 2.17. The maximum atomic E-state index is 11.9. The molecule has 1 aliphatic heterocycles. The van der Waals surface area contributed by atoms with Gasteiger partial charge in [0.2, 0.25) is 0 Å². The lowest BCUT2D eigenvalue weighted by atomic mass is 10.1. The number of ether oxygens (including phenoxy) is 1. The summed E-state index contributed by atoms with van der Waals surface area (Å²) in [5.74, 6) is -0.108. The molecule has 0 saturated carbocycles. The monoisotopic (exact) mass is 285 g/mol. The lowest BCUT2D eigenvalue weighted by Gasteiger charge is -2.38. The summed E-state index contributed by atoms with van der Waals surface area (Å²) in [6, 6.07) is 0.429. The van der Waals surface area contributed by atoms with Crippen LogP contribution in [0.1, 0.15) is 33.6 Å². The fourth-order valence-corrected chi connectivity index (χ4v) is 2.50. The number of nitrogens with one attached hydrogen (secondary N) is 1. The SMILES string of the molecule is CCCNC(CCN1CCN(C)C(C)C1)C(=O)OCC. The van der Waals surface area contributed by atoms with E-state index in [4.69, 9.17) is 4.74 Å². The zero-order valence-corrected chi connectivity index (χ0v) is 13.5. The van der Waals surface area contributed by atoms with Gasteiger partial charge in [-0.3, -0.25) is 4.79 Å². The zero-order valence-electron chi connectivity index (χ0n) is 13.5. The number of piperazine rings is 1. The fourth-order valence-electron chi connectivity index (χ4n) is 2.50. The van der Waals surface area contributed by atoms with Crippen LogP contribution in [-0.2, 0) is 9.53 Å². The molecule has 0 spiro atoms. The molecule has 0 aromatic carbocycles. The van der Waals surface area contributed by atoms with Gasteiger partial charge in [0.25, 0.3) is 0 Å². The Morgan fingerprint density at radius 2 is 2.15 bits per heavy atom. The van der Waals surface area contributed by atoms with Crippen LogP contribution >= 0.6 is 0 Å². The van der Waals surface area contributed by atoms with Crippen LogP contribution in [0.5, 0.6) is 0 Å². The molecule has 2 unspecified atom stereocenters. The molecule has 0 radical (unpaired) electrons. The zero-order chi connectivity index (χ0) is 15.0. The van der Waals surface area contributed by atoms with E-state index in [1.54, 1.807) is 0 Å². The van der Waals surface area contributed by atoms with Crippen LogP contribution in [-0.4, -0.2) is 74.2 Å². The average Bonchev–Trinajstić information content (AvgIpc) is 2.43. The number of rotatable bonds is 8. The van der Waals surface area contributed by atoms with Gasteiger partial charge in [-0.1, -0.05) is 6.92 Å². The van der Waals surface area contributed by atoms with Crippen LogP contribution in [0.4, 0.5) is 0 Å². The summed E-state index contributed by atoms with van der Waals surface area (Å²) in [6.07, 6.45) is 1.86. The molecular formula is C15H31N3O2. The van der Waals surface area contributed by atoms with Crippen molar-refractivity contribution < 1.29 is 9.53 Å². The number of hydrogen-bond donors (Lipinski definition) is 1. The molecule has 1 aliphatic rings. The third-order valence-corrected chi connectivity index (χ3v) is 3.99. The maximum absolute atomic E-state index is 11.9. The molecule has 1 rings (SSSR count). The second-order valence-electron chi connectivity index (χ2n) is 5.68. The first-order valence-corrected chi connectivity index (χ1v) is 7.91. The molecule has 0 amide bonds. The van der Waals surface area contributed by atoms with E-state index in [-0.39, 0.29) is 12.0 Å². The van der Waals surface area contributed by atoms with Gasteiger partial charge < -0.3 is 19.9 Å². The summed E-state index contributed by atoms with van der Waals surface area (Å²) in [5, 5.41) is 3.30. The third kappa shape index (κ3) is 5.77. The molecule has 1 saturated heterocycles. The van der Waals surface area contributed by atoms with E-state index in [1.165, 1.54) is 0 Å². The number of nitrogens with zero attached hydrogens (tertiary/aromatic N) is 2. The molecule has 2 atom stereocenters. The predicted octanol–water partition coefficient (Wildman–Crippen LogP) is 0.944. The van der Waals surface area contributed by atoms with Crippen molar-refractivity contribution in [1.82, 2.24) is 15.1 Å². The maximum Gasteiger partial charge on any atom is 0.323 e. The van der Waals surface area contributed by atoms with Crippen molar-refractivity contribution in [2.45, 2.75) is 45.7 Å². The van der Waals surface area contributed by atoms with Gasteiger partial charge in [-0.05, 0) is 40.3 Å². The summed E-state index contributed by atoms with van der Waals surface area (Å²) in [4.78, 5) is 16.8. The van der Waals surface area contributed by atoms with Crippen LogP contribution in [0.2, 0.25) is 0 Å². The van der Waals surface area contributed by atoms with Crippen molar-refractivity contribution in [3.63, 3.8) is 0 Å². The van der Waals surface area contributed by atoms with Gasteiger partial charge in [-0.15, -0.1) is 0 Å².